The maximum atomic E-state index is 15.2. The molecular formula is C37H43F4N3O3. The summed E-state index contributed by atoms with van der Waals surface area (Å²) < 4.78 is 58.1. The molecule has 10 heteroatoms. The van der Waals surface area contributed by atoms with E-state index in [9.17, 15) is 27.9 Å². The Hall–Kier alpha value is -3.92. The Bertz CT molecular complexity index is 1580. The van der Waals surface area contributed by atoms with E-state index in [4.69, 9.17) is 0 Å². The predicted octanol–water partition coefficient (Wildman–Crippen LogP) is 7.18. The number of alkyl halides is 3. The van der Waals surface area contributed by atoms with E-state index in [1.807, 2.05) is 38.2 Å². The first kappa shape index (κ1) is 34.4. The summed E-state index contributed by atoms with van der Waals surface area (Å²) in [4.78, 5) is 32.2. The van der Waals surface area contributed by atoms with Crippen LogP contribution in [0.3, 0.4) is 0 Å². The predicted molar refractivity (Wildman–Crippen MR) is 174 cm³/mol. The number of aryl methyl sites for hydroxylation is 1. The molecule has 0 aliphatic carbocycles. The molecule has 0 bridgehead atoms. The molecule has 2 heterocycles. The monoisotopic (exact) mass is 653 g/mol. The summed E-state index contributed by atoms with van der Waals surface area (Å²) in [6, 6.07) is 16.4. The van der Waals surface area contributed by atoms with Gasteiger partial charge in [0.05, 0.1) is 5.41 Å². The zero-order chi connectivity index (χ0) is 33.9. The maximum absolute atomic E-state index is 15.2. The zero-order valence-corrected chi connectivity index (χ0v) is 27.1. The van der Waals surface area contributed by atoms with E-state index < -0.39 is 41.2 Å². The average Bonchev–Trinajstić information content (AvgIpc) is 3.55. The Kier molecular flexibility index (Phi) is 10.3. The van der Waals surface area contributed by atoms with E-state index in [0.717, 1.165) is 16.2 Å². The number of phenols is 1. The molecule has 2 fully saturated rings. The number of benzene rings is 3. The number of anilines is 1. The van der Waals surface area contributed by atoms with Gasteiger partial charge in [-0.25, -0.2) is 4.39 Å². The van der Waals surface area contributed by atoms with Gasteiger partial charge < -0.3 is 20.2 Å². The second-order valence-electron chi connectivity index (χ2n) is 13.1. The minimum atomic E-state index is -4.60. The number of carbonyl (C=O) groups is 2. The Balaban J connectivity index is 1.57. The SMILES string of the molecule is Cc1ccccc1N(C)CCCC[C@@]1(C(=O)N2CCC[C@H]2C(F)(F)F)CNC[C@H](C(=O)c2ccc(O)cc2)[C@@H]1c1cccc(F)c1C. The molecule has 0 spiro atoms. The van der Waals surface area contributed by atoms with Gasteiger partial charge in [-0.1, -0.05) is 36.8 Å². The summed E-state index contributed by atoms with van der Waals surface area (Å²) >= 11 is 0. The molecule has 0 saturated carbocycles. The van der Waals surface area contributed by atoms with E-state index in [2.05, 4.69) is 10.2 Å². The number of amides is 1. The molecule has 5 rings (SSSR count). The van der Waals surface area contributed by atoms with Crippen LogP contribution in [0.1, 0.15) is 65.1 Å². The van der Waals surface area contributed by atoms with Crippen LogP contribution in [0, 0.1) is 31.0 Å². The fraction of sp³-hybridized carbons (Fsp3) is 0.459. The number of likely N-dealkylation sites (tertiary alicyclic amines) is 1. The second kappa shape index (κ2) is 14.1. The quantitative estimate of drug-likeness (QED) is 0.138. The van der Waals surface area contributed by atoms with Gasteiger partial charge in [0.15, 0.2) is 5.78 Å². The highest BCUT2D eigenvalue weighted by molar-refractivity contribution is 6.00. The van der Waals surface area contributed by atoms with E-state index in [0.29, 0.717) is 30.5 Å². The molecule has 252 valence electrons. The summed E-state index contributed by atoms with van der Waals surface area (Å²) in [6.07, 6.45) is -3.20. The summed E-state index contributed by atoms with van der Waals surface area (Å²) in [6.45, 7) is 4.45. The topological polar surface area (TPSA) is 72.9 Å². The Morgan fingerprint density at radius 3 is 2.45 bits per heavy atom. The van der Waals surface area contributed by atoms with Gasteiger partial charge in [-0.15, -0.1) is 0 Å². The van der Waals surface area contributed by atoms with Gasteiger partial charge in [0.25, 0.3) is 0 Å². The lowest BCUT2D eigenvalue weighted by Gasteiger charge is -2.50. The maximum Gasteiger partial charge on any atom is 0.408 e. The molecule has 0 aromatic heterocycles. The van der Waals surface area contributed by atoms with Crippen molar-refractivity contribution in [1.29, 1.82) is 0 Å². The van der Waals surface area contributed by atoms with Gasteiger partial charge in [-0.05, 0) is 92.6 Å². The Morgan fingerprint density at radius 1 is 1.02 bits per heavy atom. The van der Waals surface area contributed by atoms with Crippen LogP contribution in [-0.2, 0) is 4.79 Å². The van der Waals surface area contributed by atoms with E-state index in [1.165, 1.54) is 36.4 Å². The first-order chi connectivity index (χ1) is 22.3. The number of unbranched alkanes of at least 4 members (excludes halogenated alkanes) is 1. The number of Topliss-reactive ketones (excluding diaryl/α,β-unsaturated/α-hetero) is 1. The van der Waals surface area contributed by atoms with Crippen molar-refractivity contribution in [3.05, 3.63) is 94.8 Å². The first-order valence-corrected chi connectivity index (χ1v) is 16.3. The first-order valence-electron chi connectivity index (χ1n) is 16.3. The van der Waals surface area contributed by atoms with Crippen LogP contribution in [0.2, 0.25) is 0 Å². The molecule has 0 radical (unpaired) electrons. The zero-order valence-electron chi connectivity index (χ0n) is 27.1. The van der Waals surface area contributed by atoms with Gasteiger partial charge in [0.1, 0.15) is 17.6 Å². The summed E-state index contributed by atoms with van der Waals surface area (Å²) in [5, 5.41) is 13.1. The Morgan fingerprint density at radius 2 is 1.74 bits per heavy atom. The summed E-state index contributed by atoms with van der Waals surface area (Å²) in [5.41, 5.74) is 1.75. The van der Waals surface area contributed by atoms with Crippen molar-refractivity contribution < 1.29 is 32.3 Å². The minimum Gasteiger partial charge on any atom is -0.508 e. The smallest absolute Gasteiger partial charge is 0.408 e. The van der Waals surface area contributed by atoms with Crippen molar-refractivity contribution in [3.63, 3.8) is 0 Å². The molecule has 3 aromatic rings. The number of halogens is 4. The van der Waals surface area contributed by atoms with Gasteiger partial charge in [-0.2, -0.15) is 13.2 Å². The molecule has 1 amide bonds. The molecule has 4 atom stereocenters. The van der Waals surface area contributed by atoms with Crippen LogP contribution >= 0.6 is 0 Å². The van der Waals surface area contributed by atoms with Crippen LogP contribution in [0.25, 0.3) is 0 Å². The number of ketones is 1. The highest BCUT2D eigenvalue weighted by atomic mass is 19.4. The highest BCUT2D eigenvalue weighted by Gasteiger charge is 2.58. The number of aromatic hydroxyl groups is 1. The largest absolute Gasteiger partial charge is 0.508 e. The van der Waals surface area contributed by atoms with Crippen molar-refractivity contribution in [3.8, 4) is 5.75 Å². The molecule has 2 aliphatic rings. The fourth-order valence-electron chi connectivity index (χ4n) is 7.72. The van der Waals surface area contributed by atoms with Crippen LogP contribution in [0.15, 0.2) is 66.7 Å². The molecule has 47 heavy (non-hydrogen) atoms. The highest BCUT2D eigenvalue weighted by Crippen LogP contribution is 2.51. The van der Waals surface area contributed by atoms with E-state index in [1.54, 1.807) is 13.0 Å². The van der Waals surface area contributed by atoms with Crippen molar-refractivity contribution in [2.24, 2.45) is 11.3 Å². The van der Waals surface area contributed by atoms with Crippen LogP contribution in [-0.4, -0.2) is 67.1 Å². The van der Waals surface area contributed by atoms with Crippen molar-refractivity contribution in [2.75, 3.05) is 38.1 Å². The molecule has 0 unspecified atom stereocenters. The van der Waals surface area contributed by atoms with Gasteiger partial charge >= 0.3 is 6.18 Å². The van der Waals surface area contributed by atoms with Crippen molar-refractivity contribution in [2.45, 2.75) is 64.1 Å². The Labute approximate surface area is 273 Å². The number of hydrogen-bond donors (Lipinski definition) is 2. The van der Waals surface area contributed by atoms with Gasteiger partial charge in [0.2, 0.25) is 5.91 Å². The summed E-state index contributed by atoms with van der Waals surface area (Å²) in [7, 11) is 1.98. The number of phenolic OH excluding ortho intramolecular Hbond substituents is 1. The normalized spacial score (nSPS) is 23.1. The molecule has 2 aliphatic heterocycles. The van der Waals surface area contributed by atoms with Crippen LogP contribution < -0.4 is 10.2 Å². The number of para-hydroxylation sites is 1. The number of nitrogens with one attached hydrogen (secondary N) is 1. The number of rotatable bonds is 10. The van der Waals surface area contributed by atoms with Gasteiger partial charge in [0, 0.05) is 56.3 Å². The lowest BCUT2D eigenvalue weighted by Crippen LogP contribution is -2.61. The number of hydrogen-bond acceptors (Lipinski definition) is 5. The van der Waals surface area contributed by atoms with Crippen molar-refractivity contribution in [1.82, 2.24) is 10.2 Å². The van der Waals surface area contributed by atoms with Gasteiger partial charge in [-0.3, -0.25) is 9.59 Å². The second-order valence-corrected chi connectivity index (χ2v) is 13.1. The standard InChI is InChI=1S/C37H43F4N3O3/c1-24-10-4-5-13-31(24)43(3)20-7-6-19-36(35(47)44-21-9-14-32(44)37(39,40)41)23-42-22-29(34(46)26-15-17-27(45)18-16-26)33(36)28-11-8-12-30(38)25(28)2/h4-5,8,10-13,15-18,29,32-33,42,45H,6-7,9,14,19-23H2,1-3H3/t29-,32-,33-,36+/m0/s1. The lowest BCUT2D eigenvalue weighted by molar-refractivity contribution is -0.189. The third-order valence-electron chi connectivity index (χ3n) is 10.1. The summed E-state index contributed by atoms with van der Waals surface area (Å²) in [5.74, 6) is -3.26. The van der Waals surface area contributed by atoms with Crippen LogP contribution in [0.5, 0.6) is 5.75 Å². The molecule has 6 nitrogen and oxygen atoms in total. The van der Waals surface area contributed by atoms with Crippen molar-refractivity contribution >= 4 is 17.4 Å². The van der Waals surface area contributed by atoms with E-state index in [-0.39, 0.29) is 56.0 Å². The number of nitrogens with zero attached hydrogens (tertiary/aromatic N) is 2. The molecule has 2 saturated heterocycles. The number of piperidine rings is 1. The minimum absolute atomic E-state index is 0.0201. The van der Waals surface area contributed by atoms with Crippen LogP contribution in [0.4, 0.5) is 23.2 Å². The fourth-order valence-corrected chi connectivity index (χ4v) is 7.72. The third-order valence-corrected chi connectivity index (χ3v) is 10.1. The average molecular weight is 654 g/mol. The number of carbonyl (C=O) groups excluding carboxylic acids is 2. The third kappa shape index (κ3) is 7.03. The lowest BCUT2D eigenvalue weighted by atomic mass is 9.59. The molecule has 2 N–H and O–H groups in total. The molecule has 3 aromatic carbocycles. The molecular weight excluding hydrogens is 610 g/mol. The van der Waals surface area contributed by atoms with E-state index >= 15 is 4.39 Å².